The van der Waals surface area contributed by atoms with E-state index in [-0.39, 0.29) is 0 Å². The number of hydrogen-bond acceptors (Lipinski definition) is 2. The van der Waals surface area contributed by atoms with Gasteiger partial charge >= 0.3 is 5.97 Å². The highest BCUT2D eigenvalue weighted by Crippen LogP contribution is 2.22. The summed E-state index contributed by atoms with van der Waals surface area (Å²) in [4.78, 5) is 11.6. The van der Waals surface area contributed by atoms with E-state index >= 15 is 0 Å². The summed E-state index contributed by atoms with van der Waals surface area (Å²) in [7, 11) is 0. The molecule has 0 amide bonds. The van der Waals surface area contributed by atoms with Crippen molar-refractivity contribution in [3.63, 3.8) is 0 Å². The number of nitrogens with two attached hydrogens (primary N) is 1. The summed E-state index contributed by atoms with van der Waals surface area (Å²) in [5, 5.41) is 9.53. The Morgan fingerprint density at radius 3 is 1.15 bits per heavy atom. The van der Waals surface area contributed by atoms with Gasteiger partial charge < -0.3 is 10.8 Å². The van der Waals surface area contributed by atoms with Crippen molar-refractivity contribution in [1.82, 2.24) is 0 Å². The number of unbranched alkanes of at least 4 members (excludes halogenated alkanes) is 15. The third kappa shape index (κ3) is 14.6. The first-order chi connectivity index (χ1) is 12.6. The Hall–Kier alpha value is -0.570. The summed E-state index contributed by atoms with van der Waals surface area (Å²) < 4.78 is 0. The first-order valence-corrected chi connectivity index (χ1v) is 11.6. The molecule has 3 N–H and O–H groups in total. The lowest BCUT2D eigenvalue weighted by atomic mass is 9.87. The maximum Gasteiger partial charge on any atom is 0.323 e. The van der Waals surface area contributed by atoms with E-state index in [4.69, 9.17) is 5.73 Å². The van der Waals surface area contributed by atoms with Gasteiger partial charge in [-0.3, -0.25) is 4.79 Å². The van der Waals surface area contributed by atoms with Crippen LogP contribution < -0.4 is 5.73 Å². The second kappa shape index (κ2) is 17.8. The highest BCUT2D eigenvalue weighted by Gasteiger charge is 2.32. The minimum absolute atomic E-state index is 0.633. The van der Waals surface area contributed by atoms with Gasteiger partial charge in [-0.2, -0.15) is 0 Å². The van der Waals surface area contributed by atoms with Crippen molar-refractivity contribution < 1.29 is 9.90 Å². The second-order valence-electron chi connectivity index (χ2n) is 8.26. The van der Waals surface area contributed by atoms with Crippen LogP contribution in [-0.2, 0) is 4.79 Å². The molecule has 3 nitrogen and oxygen atoms in total. The Balaban J connectivity index is 3.70. The predicted octanol–water partition coefficient (Wildman–Crippen LogP) is 7.22. The zero-order chi connectivity index (χ0) is 19.5. The van der Waals surface area contributed by atoms with Gasteiger partial charge in [0.25, 0.3) is 0 Å². The molecule has 26 heavy (non-hydrogen) atoms. The molecular weight excluding hydrogens is 322 g/mol. The molecule has 0 aromatic carbocycles. The molecule has 156 valence electrons. The topological polar surface area (TPSA) is 63.3 Å². The molecule has 0 aliphatic rings. The van der Waals surface area contributed by atoms with Gasteiger partial charge in [-0.05, 0) is 12.8 Å². The van der Waals surface area contributed by atoms with Crippen molar-refractivity contribution in [2.45, 2.75) is 141 Å². The average molecular weight is 370 g/mol. The molecule has 0 rings (SSSR count). The van der Waals surface area contributed by atoms with Crippen molar-refractivity contribution in [1.29, 1.82) is 0 Å². The predicted molar refractivity (Wildman–Crippen MR) is 114 cm³/mol. The SMILES string of the molecule is CCCCCCCCCCCC(N)(CCCCCCCCCC)C(=O)O. The number of carbonyl (C=O) groups is 1. The highest BCUT2D eigenvalue weighted by atomic mass is 16.4. The summed E-state index contributed by atoms with van der Waals surface area (Å²) in [6.07, 6.45) is 22.4. The molecule has 0 saturated carbocycles. The Morgan fingerprint density at radius 1 is 0.615 bits per heavy atom. The summed E-state index contributed by atoms with van der Waals surface area (Å²) in [6.45, 7) is 4.48. The van der Waals surface area contributed by atoms with Gasteiger partial charge in [0.2, 0.25) is 0 Å². The quantitative estimate of drug-likeness (QED) is 0.223. The summed E-state index contributed by atoms with van der Waals surface area (Å²) in [6, 6.07) is 0. The molecule has 0 heterocycles. The van der Waals surface area contributed by atoms with Crippen LogP contribution in [0, 0.1) is 0 Å². The maximum atomic E-state index is 11.6. The van der Waals surface area contributed by atoms with Gasteiger partial charge in [0.15, 0.2) is 0 Å². The minimum Gasteiger partial charge on any atom is -0.480 e. The van der Waals surface area contributed by atoms with E-state index in [0.717, 1.165) is 25.7 Å². The Labute approximate surface area is 163 Å². The lowest BCUT2D eigenvalue weighted by molar-refractivity contribution is -0.144. The van der Waals surface area contributed by atoms with Crippen LogP contribution in [0.5, 0.6) is 0 Å². The van der Waals surface area contributed by atoms with Crippen LogP contribution in [0.1, 0.15) is 136 Å². The largest absolute Gasteiger partial charge is 0.480 e. The fourth-order valence-corrected chi connectivity index (χ4v) is 3.66. The van der Waals surface area contributed by atoms with Gasteiger partial charge in [0.05, 0.1) is 0 Å². The van der Waals surface area contributed by atoms with Gasteiger partial charge in [0.1, 0.15) is 5.54 Å². The van der Waals surface area contributed by atoms with Crippen molar-refractivity contribution in [3.8, 4) is 0 Å². The highest BCUT2D eigenvalue weighted by molar-refractivity contribution is 5.78. The van der Waals surface area contributed by atoms with E-state index < -0.39 is 11.5 Å². The van der Waals surface area contributed by atoms with Gasteiger partial charge in [0, 0.05) is 0 Å². The zero-order valence-electron chi connectivity index (χ0n) is 17.9. The Bertz CT molecular complexity index is 319. The fraction of sp³-hybridized carbons (Fsp3) is 0.957. The van der Waals surface area contributed by atoms with Gasteiger partial charge in [-0.25, -0.2) is 0 Å². The number of aliphatic carboxylic acids is 1. The third-order valence-corrected chi connectivity index (χ3v) is 5.63. The summed E-state index contributed by atoms with van der Waals surface area (Å²) in [5.74, 6) is -0.806. The van der Waals surface area contributed by atoms with Gasteiger partial charge in [-0.1, -0.05) is 123 Å². The number of carboxylic acids is 1. The van der Waals surface area contributed by atoms with E-state index in [1.807, 2.05) is 0 Å². The van der Waals surface area contributed by atoms with E-state index in [1.54, 1.807) is 0 Å². The van der Waals surface area contributed by atoms with Crippen LogP contribution >= 0.6 is 0 Å². The van der Waals surface area contributed by atoms with Crippen molar-refractivity contribution in [3.05, 3.63) is 0 Å². The standard InChI is InChI=1S/C23H47NO2/c1-3-5-7-9-11-13-15-17-19-21-23(24,22(25)26)20-18-16-14-12-10-8-6-4-2/h3-21,24H2,1-2H3,(H,25,26). The lowest BCUT2D eigenvalue weighted by Crippen LogP contribution is -2.47. The van der Waals surface area contributed by atoms with Crippen LogP contribution in [0.2, 0.25) is 0 Å². The maximum absolute atomic E-state index is 11.6. The van der Waals surface area contributed by atoms with E-state index in [1.165, 1.54) is 83.5 Å². The van der Waals surface area contributed by atoms with Crippen molar-refractivity contribution >= 4 is 5.97 Å². The second-order valence-corrected chi connectivity index (χ2v) is 8.26. The number of hydrogen-bond donors (Lipinski definition) is 2. The van der Waals surface area contributed by atoms with Gasteiger partial charge in [-0.15, -0.1) is 0 Å². The molecule has 0 fully saturated rings. The molecule has 0 radical (unpaired) electrons. The minimum atomic E-state index is -0.997. The molecule has 3 heteroatoms. The summed E-state index contributed by atoms with van der Waals surface area (Å²) in [5.41, 5.74) is 5.22. The molecule has 0 bridgehead atoms. The lowest BCUT2D eigenvalue weighted by Gasteiger charge is -2.24. The molecule has 0 saturated heterocycles. The van der Waals surface area contributed by atoms with E-state index in [2.05, 4.69) is 13.8 Å². The normalized spacial score (nSPS) is 13.7. The average Bonchev–Trinajstić information content (AvgIpc) is 2.62. The van der Waals surface area contributed by atoms with Crippen LogP contribution in [0.15, 0.2) is 0 Å². The molecule has 1 unspecified atom stereocenters. The van der Waals surface area contributed by atoms with E-state index in [0.29, 0.717) is 12.8 Å². The van der Waals surface area contributed by atoms with Crippen LogP contribution in [0.4, 0.5) is 0 Å². The molecule has 0 aromatic rings. The number of rotatable bonds is 20. The van der Waals surface area contributed by atoms with Crippen LogP contribution in [-0.4, -0.2) is 16.6 Å². The fourth-order valence-electron chi connectivity index (χ4n) is 3.66. The van der Waals surface area contributed by atoms with Crippen molar-refractivity contribution in [2.75, 3.05) is 0 Å². The molecule has 0 aliphatic heterocycles. The monoisotopic (exact) mass is 369 g/mol. The van der Waals surface area contributed by atoms with E-state index in [9.17, 15) is 9.90 Å². The zero-order valence-corrected chi connectivity index (χ0v) is 17.9. The summed E-state index contributed by atoms with van der Waals surface area (Å²) >= 11 is 0. The first-order valence-electron chi connectivity index (χ1n) is 11.6. The first kappa shape index (κ1) is 25.4. The van der Waals surface area contributed by atoms with Crippen LogP contribution in [0.3, 0.4) is 0 Å². The van der Waals surface area contributed by atoms with Crippen LogP contribution in [0.25, 0.3) is 0 Å². The molecular formula is C23H47NO2. The Kier molecular flexibility index (Phi) is 17.4. The smallest absolute Gasteiger partial charge is 0.323 e. The number of carboxylic acid groups (broad SMARTS) is 1. The van der Waals surface area contributed by atoms with Crippen molar-refractivity contribution in [2.24, 2.45) is 5.73 Å². The molecule has 0 spiro atoms. The molecule has 0 aromatic heterocycles. The molecule has 1 atom stereocenters. The Morgan fingerprint density at radius 2 is 0.885 bits per heavy atom. The molecule has 0 aliphatic carbocycles. The third-order valence-electron chi connectivity index (χ3n) is 5.63.